The van der Waals surface area contributed by atoms with Crippen molar-refractivity contribution in [3.8, 4) is 0 Å². The van der Waals surface area contributed by atoms with Crippen molar-refractivity contribution in [1.29, 1.82) is 0 Å². The van der Waals surface area contributed by atoms with Gasteiger partial charge in [0.25, 0.3) is 0 Å². The number of nitrogens with zero attached hydrogens (tertiary/aromatic N) is 2. The molecular formula is C15H17N3OS. The van der Waals surface area contributed by atoms with Gasteiger partial charge in [-0.05, 0) is 44.0 Å². The quantitative estimate of drug-likeness (QED) is 0.393. The van der Waals surface area contributed by atoms with E-state index >= 15 is 0 Å². The molecule has 0 spiro atoms. The van der Waals surface area contributed by atoms with Crippen molar-refractivity contribution in [3.05, 3.63) is 52.7 Å². The fourth-order valence-corrected chi connectivity index (χ4v) is 3.04. The van der Waals surface area contributed by atoms with Crippen molar-refractivity contribution in [2.45, 2.75) is 30.7 Å². The van der Waals surface area contributed by atoms with Crippen LogP contribution in [0.2, 0.25) is 0 Å². The van der Waals surface area contributed by atoms with Crippen LogP contribution in [0.4, 0.5) is 0 Å². The Bertz CT molecular complexity index is 668. The van der Waals surface area contributed by atoms with Gasteiger partial charge >= 0.3 is 0 Å². The molecule has 2 aromatic rings. The van der Waals surface area contributed by atoms with E-state index in [1.165, 1.54) is 22.9 Å². The summed E-state index contributed by atoms with van der Waals surface area (Å²) in [4.78, 5) is 5.47. The Kier molecular flexibility index (Phi) is 4.29. The van der Waals surface area contributed by atoms with E-state index in [0.717, 1.165) is 15.5 Å². The molecule has 5 heteroatoms. The van der Waals surface area contributed by atoms with Gasteiger partial charge in [-0.25, -0.2) is 4.98 Å². The summed E-state index contributed by atoms with van der Waals surface area (Å²) in [7, 11) is 0. The van der Waals surface area contributed by atoms with Crippen LogP contribution >= 0.6 is 11.8 Å². The second-order valence-electron chi connectivity index (χ2n) is 4.66. The average Bonchev–Trinajstić information content (AvgIpc) is 2.41. The van der Waals surface area contributed by atoms with Crippen LogP contribution in [-0.4, -0.2) is 16.0 Å². The summed E-state index contributed by atoms with van der Waals surface area (Å²) in [6.07, 6.45) is 1.73. The normalized spacial score (nSPS) is 11.7. The summed E-state index contributed by atoms with van der Waals surface area (Å²) in [5.74, 6) is 0.0860. The zero-order valence-electron chi connectivity index (χ0n) is 11.7. The molecule has 0 amide bonds. The van der Waals surface area contributed by atoms with Crippen LogP contribution in [0.25, 0.3) is 0 Å². The van der Waals surface area contributed by atoms with Crippen molar-refractivity contribution >= 4 is 17.6 Å². The van der Waals surface area contributed by atoms with Gasteiger partial charge in [0.05, 0.1) is 5.56 Å². The largest absolute Gasteiger partial charge is 0.409 e. The lowest BCUT2D eigenvalue weighted by Crippen LogP contribution is -2.16. The van der Waals surface area contributed by atoms with Crippen molar-refractivity contribution in [3.63, 3.8) is 0 Å². The maximum atomic E-state index is 8.92. The molecule has 0 saturated carbocycles. The second kappa shape index (κ2) is 5.96. The highest BCUT2D eigenvalue weighted by molar-refractivity contribution is 7.99. The van der Waals surface area contributed by atoms with Crippen LogP contribution in [-0.2, 0) is 0 Å². The van der Waals surface area contributed by atoms with Crippen LogP contribution in [0.5, 0.6) is 0 Å². The van der Waals surface area contributed by atoms with Crippen LogP contribution in [0.15, 0.2) is 45.5 Å². The molecule has 0 aliphatic carbocycles. The number of pyridine rings is 1. The average molecular weight is 287 g/mol. The Morgan fingerprint density at radius 2 is 1.95 bits per heavy atom. The van der Waals surface area contributed by atoms with Gasteiger partial charge in [0, 0.05) is 11.1 Å². The van der Waals surface area contributed by atoms with Gasteiger partial charge < -0.3 is 10.9 Å². The summed E-state index contributed by atoms with van der Waals surface area (Å²) in [5.41, 5.74) is 9.78. The highest BCUT2D eigenvalue weighted by atomic mass is 32.2. The number of amidine groups is 1. The molecule has 2 rings (SSSR count). The predicted octanol–water partition coefficient (Wildman–Crippen LogP) is 3.25. The zero-order chi connectivity index (χ0) is 14.7. The number of rotatable bonds is 3. The van der Waals surface area contributed by atoms with Gasteiger partial charge in [-0.3, -0.25) is 0 Å². The fraction of sp³-hybridized carbons (Fsp3) is 0.200. The highest BCUT2D eigenvalue weighted by Gasteiger charge is 2.13. The van der Waals surface area contributed by atoms with Crippen LogP contribution in [0.3, 0.4) is 0 Å². The molecule has 0 atom stereocenters. The van der Waals surface area contributed by atoms with E-state index in [4.69, 9.17) is 10.9 Å². The van der Waals surface area contributed by atoms with Gasteiger partial charge in [0.1, 0.15) is 5.03 Å². The Morgan fingerprint density at radius 1 is 1.20 bits per heavy atom. The van der Waals surface area contributed by atoms with Gasteiger partial charge in [0.15, 0.2) is 5.84 Å². The first-order valence-corrected chi connectivity index (χ1v) is 7.03. The molecule has 1 heterocycles. The van der Waals surface area contributed by atoms with Crippen molar-refractivity contribution in [2.75, 3.05) is 0 Å². The maximum Gasteiger partial charge on any atom is 0.173 e. The van der Waals surface area contributed by atoms with E-state index in [-0.39, 0.29) is 5.84 Å². The van der Waals surface area contributed by atoms with E-state index in [0.29, 0.717) is 5.56 Å². The Hall–Kier alpha value is -2.01. The van der Waals surface area contributed by atoms with Crippen LogP contribution in [0.1, 0.15) is 22.3 Å². The lowest BCUT2D eigenvalue weighted by Gasteiger charge is -2.11. The molecule has 20 heavy (non-hydrogen) atoms. The zero-order valence-corrected chi connectivity index (χ0v) is 12.5. The van der Waals surface area contributed by atoms with Crippen LogP contribution in [0, 0.1) is 20.8 Å². The van der Waals surface area contributed by atoms with Crippen molar-refractivity contribution < 1.29 is 5.21 Å². The number of nitrogens with two attached hydrogens (primary N) is 1. The summed E-state index contributed by atoms with van der Waals surface area (Å²) in [6, 6.07) is 8.10. The number of aryl methyl sites for hydroxylation is 3. The number of hydrogen-bond donors (Lipinski definition) is 2. The Labute approximate surface area is 122 Å². The number of aromatic nitrogens is 1. The van der Waals surface area contributed by atoms with Gasteiger partial charge in [-0.2, -0.15) is 0 Å². The molecule has 104 valence electrons. The smallest absolute Gasteiger partial charge is 0.173 e. The Morgan fingerprint density at radius 3 is 2.60 bits per heavy atom. The Balaban J connectivity index is 2.46. The lowest BCUT2D eigenvalue weighted by molar-refractivity contribution is 0.318. The summed E-state index contributed by atoms with van der Waals surface area (Å²) in [6.45, 7) is 6.05. The third-order valence-electron chi connectivity index (χ3n) is 3.03. The standard InChI is InChI=1S/C15H17N3OS/c1-9-4-5-12(11(3)8-9)20-15-13(14(16)18-19)10(2)6-7-17-15/h4-8,19H,1-3H3,(H2,16,18). The summed E-state index contributed by atoms with van der Waals surface area (Å²) >= 11 is 1.52. The fourth-order valence-electron chi connectivity index (χ4n) is 1.99. The topological polar surface area (TPSA) is 71.5 Å². The van der Waals surface area contributed by atoms with E-state index < -0.39 is 0 Å². The molecule has 1 aromatic heterocycles. The third-order valence-corrected chi connectivity index (χ3v) is 4.21. The monoisotopic (exact) mass is 287 g/mol. The van der Waals surface area contributed by atoms with E-state index in [1.807, 2.05) is 13.0 Å². The molecule has 0 aliphatic rings. The van der Waals surface area contributed by atoms with Crippen LogP contribution < -0.4 is 5.73 Å². The maximum absolute atomic E-state index is 8.92. The SMILES string of the molecule is Cc1ccc(Sc2nccc(C)c2/C(N)=N/O)c(C)c1. The predicted molar refractivity (Wildman–Crippen MR) is 81.5 cm³/mol. The minimum absolute atomic E-state index is 0.0860. The molecule has 0 unspecified atom stereocenters. The molecule has 4 nitrogen and oxygen atoms in total. The first-order valence-electron chi connectivity index (χ1n) is 6.21. The molecule has 0 aliphatic heterocycles. The third kappa shape index (κ3) is 2.93. The van der Waals surface area contributed by atoms with E-state index in [1.54, 1.807) is 6.20 Å². The minimum atomic E-state index is 0.0860. The molecular weight excluding hydrogens is 270 g/mol. The van der Waals surface area contributed by atoms with E-state index in [9.17, 15) is 0 Å². The molecule has 0 fully saturated rings. The molecule has 1 aromatic carbocycles. The first-order chi connectivity index (χ1) is 9.52. The minimum Gasteiger partial charge on any atom is -0.409 e. The van der Waals surface area contributed by atoms with Gasteiger partial charge in [-0.15, -0.1) is 0 Å². The number of benzene rings is 1. The van der Waals surface area contributed by atoms with E-state index in [2.05, 4.69) is 42.2 Å². The van der Waals surface area contributed by atoms with Gasteiger partial charge in [-0.1, -0.05) is 34.6 Å². The second-order valence-corrected chi connectivity index (χ2v) is 5.69. The molecule has 0 bridgehead atoms. The highest BCUT2D eigenvalue weighted by Crippen LogP contribution is 2.32. The summed E-state index contributed by atoms with van der Waals surface area (Å²) in [5, 5.41) is 12.8. The van der Waals surface area contributed by atoms with Crippen molar-refractivity contribution in [2.24, 2.45) is 10.9 Å². The lowest BCUT2D eigenvalue weighted by atomic mass is 10.1. The number of hydrogen-bond acceptors (Lipinski definition) is 4. The van der Waals surface area contributed by atoms with Crippen molar-refractivity contribution in [1.82, 2.24) is 4.98 Å². The summed E-state index contributed by atoms with van der Waals surface area (Å²) < 4.78 is 0. The molecule has 0 saturated heterocycles. The number of oxime groups is 1. The molecule has 0 radical (unpaired) electrons. The first kappa shape index (κ1) is 14.4. The molecule has 3 N–H and O–H groups in total. The van der Waals surface area contributed by atoms with Gasteiger partial charge in [0.2, 0.25) is 0 Å².